The van der Waals surface area contributed by atoms with Crippen molar-refractivity contribution in [3.8, 4) is 11.5 Å². The van der Waals surface area contributed by atoms with Gasteiger partial charge in [0.2, 0.25) is 0 Å². The van der Waals surface area contributed by atoms with E-state index in [1.807, 2.05) is 25.1 Å². The molecule has 3 aromatic rings. The van der Waals surface area contributed by atoms with Crippen LogP contribution in [0, 0.1) is 17.0 Å². The molecule has 1 saturated heterocycles. The van der Waals surface area contributed by atoms with Crippen LogP contribution in [0.3, 0.4) is 0 Å². The van der Waals surface area contributed by atoms with Crippen LogP contribution < -0.4 is 14.8 Å². The number of amides is 3. The minimum Gasteiger partial charge on any atom is -0.490 e. The molecule has 1 aliphatic rings. The molecule has 1 fully saturated rings. The van der Waals surface area contributed by atoms with Crippen LogP contribution in [-0.2, 0) is 9.59 Å². The zero-order chi connectivity index (χ0) is 29.5. The van der Waals surface area contributed by atoms with E-state index in [-0.39, 0.29) is 28.7 Å². The first kappa shape index (κ1) is 29.0. The lowest BCUT2D eigenvalue weighted by Crippen LogP contribution is -2.33. The molecule has 0 atom stereocenters. The molecular formula is C29H25N3O8S. The predicted octanol–water partition coefficient (Wildman–Crippen LogP) is 5.24. The number of nitrogens with one attached hydrogen (secondary N) is 1. The highest BCUT2D eigenvalue weighted by molar-refractivity contribution is 8.18. The Hall–Kier alpha value is -4.97. The quantitative estimate of drug-likeness (QED) is 0.140. The number of aryl methyl sites for hydroxylation is 1. The molecule has 0 bridgehead atoms. The van der Waals surface area contributed by atoms with Crippen molar-refractivity contribution in [3.05, 3.63) is 98.4 Å². The van der Waals surface area contributed by atoms with Gasteiger partial charge in [-0.2, -0.15) is 0 Å². The van der Waals surface area contributed by atoms with Crippen molar-refractivity contribution in [3.63, 3.8) is 0 Å². The molecule has 11 nitrogen and oxygen atoms in total. The van der Waals surface area contributed by atoms with Gasteiger partial charge in [0.05, 0.1) is 23.0 Å². The third kappa shape index (κ3) is 7.17. The van der Waals surface area contributed by atoms with Crippen LogP contribution in [0.4, 0.5) is 16.2 Å². The summed E-state index contributed by atoms with van der Waals surface area (Å²) in [4.78, 5) is 61.6. The monoisotopic (exact) mass is 575 g/mol. The maximum atomic E-state index is 12.9. The average Bonchev–Trinajstić information content (AvgIpc) is 3.21. The fraction of sp³-hybridized carbons (Fsp3) is 0.172. The minimum absolute atomic E-state index is 0.111. The van der Waals surface area contributed by atoms with Gasteiger partial charge in [0.1, 0.15) is 0 Å². The molecule has 210 valence electrons. The normalized spacial score (nSPS) is 13.8. The SMILES string of the molecule is CCOc1cc(/C=C2\SC(=O)N(CC(=O)c3ccc([N+](=O)[O-])cc3)C2=O)ccc1OCC(=O)Nc1ccccc1C. The van der Waals surface area contributed by atoms with Crippen LogP contribution >= 0.6 is 11.8 Å². The zero-order valence-electron chi connectivity index (χ0n) is 22.1. The Morgan fingerprint density at radius 2 is 1.76 bits per heavy atom. The number of benzene rings is 3. The van der Waals surface area contributed by atoms with Crippen LogP contribution in [-0.4, -0.2) is 52.4 Å². The lowest BCUT2D eigenvalue weighted by Gasteiger charge is -2.13. The summed E-state index contributed by atoms with van der Waals surface area (Å²) in [6, 6.07) is 17.2. The largest absolute Gasteiger partial charge is 0.490 e. The first-order valence-electron chi connectivity index (χ1n) is 12.4. The van der Waals surface area contributed by atoms with Gasteiger partial charge in [-0.3, -0.25) is 34.2 Å². The van der Waals surface area contributed by atoms with E-state index in [4.69, 9.17) is 9.47 Å². The number of ether oxygens (including phenoxy) is 2. The Labute approximate surface area is 239 Å². The summed E-state index contributed by atoms with van der Waals surface area (Å²) >= 11 is 0.692. The minimum atomic E-state index is -0.638. The highest BCUT2D eigenvalue weighted by atomic mass is 32.2. The van der Waals surface area contributed by atoms with Crippen molar-refractivity contribution in [2.75, 3.05) is 25.1 Å². The third-order valence-electron chi connectivity index (χ3n) is 5.92. The molecule has 41 heavy (non-hydrogen) atoms. The van der Waals surface area contributed by atoms with E-state index in [9.17, 15) is 29.3 Å². The molecule has 0 spiro atoms. The number of imide groups is 1. The molecule has 1 aliphatic heterocycles. The highest BCUT2D eigenvalue weighted by Gasteiger charge is 2.36. The lowest BCUT2D eigenvalue weighted by molar-refractivity contribution is -0.384. The number of thioether (sulfide) groups is 1. The van der Waals surface area contributed by atoms with Crippen molar-refractivity contribution < 1.29 is 33.6 Å². The number of non-ortho nitro benzene ring substituents is 1. The van der Waals surface area contributed by atoms with E-state index in [0.717, 1.165) is 10.5 Å². The van der Waals surface area contributed by atoms with Crippen molar-refractivity contribution in [1.29, 1.82) is 0 Å². The fourth-order valence-corrected chi connectivity index (χ4v) is 4.67. The van der Waals surface area contributed by atoms with Gasteiger partial charge in [-0.15, -0.1) is 0 Å². The highest BCUT2D eigenvalue weighted by Crippen LogP contribution is 2.35. The number of hydrogen-bond acceptors (Lipinski definition) is 9. The second kappa shape index (κ2) is 12.9. The number of anilines is 1. The standard InChI is InChI=1S/C29H25N3O8S/c1-3-39-25-14-19(8-13-24(25)40-17-27(34)30-22-7-5-4-6-18(22)2)15-26-28(35)31(29(36)41-26)16-23(33)20-9-11-21(12-10-20)32(37)38/h4-15H,3,16-17H2,1-2H3,(H,30,34)/b26-15-. The second-order valence-corrected chi connectivity index (χ2v) is 9.78. The summed E-state index contributed by atoms with van der Waals surface area (Å²) in [5, 5.41) is 13.0. The first-order chi connectivity index (χ1) is 19.7. The molecular weight excluding hydrogens is 550 g/mol. The molecule has 4 rings (SSSR count). The lowest BCUT2D eigenvalue weighted by atomic mass is 10.1. The summed E-state index contributed by atoms with van der Waals surface area (Å²) in [6.07, 6.45) is 1.50. The maximum Gasteiger partial charge on any atom is 0.293 e. The van der Waals surface area contributed by atoms with Gasteiger partial charge < -0.3 is 14.8 Å². The Morgan fingerprint density at radius 1 is 1.02 bits per heavy atom. The topological polar surface area (TPSA) is 145 Å². The van der Waals surface area contributed by atoms with Gasteiger partial charge in [-0.05, 0) is 73.1 Å². The molecule has 0 aromatic heterocycles. The molecule has 3 amide bonds. The summed E-state index contributed by atoms with van der Waals surface area (Å²) < 4.78 is 11.3. The van der Waals surface area contributed by atoms with Crippen LogP contribution in [0.1, 0.15) is 28.4 Å². The predicted molar refractivity (Wildman–Crippen MR) is 153 cm³/mol. The van der Waals surface area contributed by atoms with Crippen molar-refractivity contribution in [1.82, 2.24) is 4.90 Å². The molecule has 1 heterocycles. The number of nitro benzene ring substituents is 1. The van der Waals surface area contributed by atoms with E-state index >= 15 is 0 Å². The molecule has 0 radical (unpaired) electrons. The van der Waals surface area contributed by atoms with Gasteiger partial charge in [0, 0.05) is 23.4 Å². The number of carbonyl (C=O) groups excluding carboxylic acids is 4. The summed E-state index contributed by atoms with van der Waals surface area (Å²) in [5.74, 6) is -0.845. The van der Waals surface area contributed by atoms with Gasteiger partial charge >= 0.3 is 0 Å². The number of nitro groups is 1. The summed E-state index contributed by atoms with van der Waals surface area (Å²) in [6.45, 7) is 3.23. The van der Waals surface area contributed by atoms with Crippen molar-refractivity contribution in [2.24, 2.45) is 0 Å². The first-order valence-corrected chi connectivity index (χ1v) is 13.3. The number of hydrogen-bond donors (Lipinski definition) is 1. The van der Waals surface area contributed by atoms with Crippen molar-refractivity contribution in [2.45, 2.75) is 13.8 Å². The molecule has 3 aromatic carbocycles. The second-order valence-electron chi connectivity index (χ2n) is 8.79. The van der Waals surface area contributed by atoms with Crippen LogP contribution in [0.15, 0.2) is 71.6 Å². The molecule has 0 saturated carbocycles. The number of Topliss-reactive ketones (excluding diaryl/α,β-unsaturated/α-hetero) is 1. The Kier molecular flexibility index (Phi) is 9.15. The molecule has 0 aliphatic carbocycles. The average molecular weight is 576 g/mol. The van der Waals surface area contributed by atoms with Gasteiger partial charge in [0.15, 0.2) is 23.9 Å². The fourth-order valence-electron chi connectivity index (χ4n) is 3.84. The molecule has 0 unspecified atom stereocenters. The number of carbonyl (C=O) groups is 4. The third-order valence-corrected chi connectivity index (χ3v) is 6.83. The summed E-state index contributed by atoms with van der Waals surface area (Å²) in [5.41, 5.74) is 2.11. The van der Waals surface area contributed by atoms with E-state index in [2.05, 4.69) is 5.32 Å². The van der Waals surface area contributed by atoms with Gasteiger partial charge in [-0.1, -0.05) is 24.3 Å². The Bertz CT molecular complexity index is 1550. The molecule has 12 heteroatoms. The van der Waals surface area contributed by atoms with Crippen molar-refractivity contribution >= 4 is 52.0 Å². The van der Waals surface area contributed by atoms with Crippen LogP contribution in [0.5, 0.6) is 11.5 Å². The molecule has 1 N–H and O–H groups in total. The Balaban J connectivity index is 1.43. The van der Waals surface area contributed by atoms with E-state index in [1.54, 1.807) is 31.2 Å². The van der Waals surface area contributed by atoms with Gasteiger partial charge in [-0.25, -0.2) is 0 Å². The Morgan fingerprint density at radius 3 is 2.44 bits per heavy atom. The smallest absolute Gasteiger partial charge is 0.293 e. The number of rotatable bonds is 11. The van der Waals surface area contributed by atoms with E-state index < -0.39 is 28.4 Å². The van der Waals surface area contributed by atoms with Gasteiger partial charge in [0.25, 0.3) is 22.7 Å². The van der Waals surface area contributed by atoms with E-state index in [1.165, 1.54) is 30.3 Å². The van der Waals surface area contributed by atoms with E-state index in [0.29, 0.717) is 41.1 Å². The van der Waals surface area contributed by atoms with Crippen LogP contribution in [0.2, 0.25) is 0 Å². The summed E-state index contributed by atoms with van der Waals surface area (Å²) in [7, 11) is 0. The maximum absolute atomic E-state index is 12.9. The van der Waals surface area contributed by atoms with Crippen LogP contribution in [0.25, 0.3) is 6.08 Å². The number of nitrogens with zero attached hydrogens (tertiary/aromatic N) is 2. The number of ketones is 1. The zero-order valence-corrected chi connectivity index (χ0v) is 22.9. The number of para-hydroxylation sites is 1.